The van der Waals surface area contributed by atoms with E-state index in [2.05, 4.69) is 15.9 Å². The quantitative estimate of drug-likeness (QED) is 0.885. The van der Waals surface area contributed by atoms with E-state index < -0.39 is 12.1 Å². The number of nitrogens with two attached hydrogens (primary N) is 1. The molecule has 0 bridgehead atoms. The molecule has 3 N–H and O–H groups in total. The molecule has 1 unspecified atom stereocenters. The highest BCUT2D eigenvalue weighted by Gasteiger charge is 2.31. The molecule has 1 heterocycles. The maximum atomic E-state index is 11.2. The summed E-state index contributed by atoms with van der Waals surface area (Å²) in [6.07, 6.45) is -0.638. The van der Waals surface area contributed by atoms with E-state index in [0.29, 0.717) is 17.0 Å². The molecule has 0 aromatic heterocycles. The number of nitrogens with zero attached hydrogens (tertiary/aromatic N) is 1. The van der Waals surface area contributed by atoms with E-state index in [1.807, 2.05) is 24.3 Å². The average molecular weight is 335 g/mol. The van der Waals surface area contributed by atoms with Crippen LogP contribution in [-0.4, -0.2) is 11.1 Å². The lowest BCUT2D eigenvalue weighted by atomic mass is 10.1. The topological polar surface area (TPSA) is 75.8 Å². The number of carbonyl (C=O) groups excluding carboxylic acids is 1. The molecular weight excluding hydrogens is 324 g/mol. The second kappa shape index (κ2) is 4.81. The Kier molecular flexibility index (Phi) is 3.11. The fourth-order valence-corrected chi connectivity index (χ4v) is 2.35. The predicted molar refractivity (Wildman–Crippen MR) is 76.7 cm³/mol. The van der Waals surface area contributed by atoms with Gasteiger partial charge in [0.15, 0.2) is 0 Å². The Morgan fingerprint density at radius 1 is 1.25 bits per heavy atom. The first-order valence-electron chi connectivity index (χ1n) is 5.90. The number of ether oxygens (including phenoxy) is 1. The molecule has 20 heavy (non-hydrogen) atoms. The number of anilines is 1. The number of carbonyl (C=O) groups is 1. The van der Waals surface area contributed by atoms with Crippen LogP contribution >= 0.6 is 15.9 Å². The van der Waals surface area contributed by atoms with Gasteiger partial charge in [-0.15, -0.1) is 0 Å². The molecule has 2 aromatic rings. The molecule has 1 amide bonds. The van der Waals surface area contributed by atoms with Crippen molar-refractivity contribution in [2.45, 2.75) is 6.23 Å². The third-order valence-corrected chi connectivity index (χ3v) is 3.63. The second-order valence-corrected chi connectivity index (χ2v) is 5.33. The number of fused-ring (bicyclic) bond motifs is 1. The molecule has 0 radical (unpaired) electrons. The molecule has 0 fully saturated rings. The van der Waals surface area contributed by atoms with Crippen molar-refractivity contribution in [1.29, 1.82) is 0 Å². The van der Waals surface area contributed by atoms with E-state index in [1.54, 1.807) is 12.1 Å². The molecule has 0 saturated carbocycles. The summed E-state index contributed by atoms with van der Waals surface area (Å²) in [4.78, 5) is 11.2. The summed E-state index contributed by atoms with van der Waals surface area (Å²) in [5.41, 5.74) is 6.78. The first kappa shape index (κ1) is 13.0. The van der Waals surface area contributed by atoms with Crippen molar-refractivity contribution >= 4 is 27.5 Å². The Morgan fingerprint density at radius 2 is 1.95 bits per heavy atom. The van der Waals surface area contributed by atoms with Gasteiger partial charge in [-0.05, 0) is 30.3 Å². The van der Waals surface area contributed by atoms with Crippen molar-refractivity contribution in [2.75, 3.05) is 5.06 Å². The van der Waals surface area contributed by atoms with E-state index in [1.165, 1.54) is 6.07 Å². The van der Waals surface area contributed by atoms with Gasteiger partial charge in [-0.25, -0.2) is 5.06 Å². The van der Waals surface area contributed by atoms with Gasteiger partial charge in [0.05, 0.1) is 0 Å². The molecule has 0 spiro atoms. The monoisotopic (exact) mass is 334 g/mol. The first-order valence-corrected chi connectivity index (χ1v) is 6.69. The highest BCUT2D eigenvalue weighted by Crippen LogP contribution is 2.42. The van der Waals surface area contributed by atoms with Gasteiger partial charge in [0.2, 0.25) is 12.1 Å². The molecule has 1 aliphatic heterocycles. The Bertz CT molecular complexity index is 673. The van der Waals surface area contributed by atoms with Crippen molar-refractivity contribution in [3.05, 3.63) is 58.1 Å². The Morgan fingerprint density at radius 3 is 2.60 bits per heavy atom. The van der Waals surface area contributed by atoms with Gasteiger partial charge in [0, 0.05) is 15.6 Å². The normalized spacial score (nSPS) is 16.7. The molecule has 0 saturated heterocycles. The summed E-state index contributed by atoms with van der Waals surface area (Å²) in [5.74, 6) is -0.0429. The minimum atomic E-state index is -0.638. The SMILES string of the molecule is NC(=O)c1ccc2c(c1)N(O)C(c1ccc(Br)cc1)O2. The fraction of sp³-hybridized carbons (Fsp3) is 0.0714. The maximum absolute atomic E-state index is 11.2. The fourth-order valence-electron chi connectivity index (χ4n) is 2.08. The van der Waals surface area contributed by atoms with Crippen LogP contribution in [0.3, 0.4) is 0 Å². The summed E-state index contributed by atoms with van der Waals surface area (Å²) in [6, 6.07) is 12.1. The number of hydrogen-bond donors (Lipinski definition) is 2. The van der Waals surface area contributed by atoms with Gasteiger partial charge in [-0.1, -0.05) is 28.1 Å². The van der Waals surface area contributed by atoms with Crippen LogP contribution in [0.25, 0.3) is 0 Å². The number of benzene rings is 2. The number of rotatable bonds is 2. The summed E-state index contributed by atoms with van der Waals surface area (Å²) in [6.45, 7) is 0. The van der Waals surface area contributed by atoms with Crippen molar-refractivity contribution in [3.63, 3.8) is 0 Å². The standard InChI is InChI=1S/C14H11BrN2O3/c15-10-4-1-8(2-5-10)14-17(19)11-7-9(13(16)18)3-6-12(11)20-14/h1-7,14,19H,(H2,16,18). The largest absolute Gasteiger partial charge is 0.462 e. The zero-order chi connectivity index (χ0) is 14.3. The van der Waals surface area contributed by atoms with Crippen molar-refractivity contribution < 1.29 is 14.7 Å². The van der Waals surface area contributed by atoms with Crippen molar-refractivity contribution in [3.8, 4) is 5.75 Å². The number of hydrogen-bond acceptors (Lipinski definition) is 4. The number of hydroxylamine groups is 1. The Labute approximate surface area is 123 Å². The minimum absolute atomic E-state index is 0.322. The summed E-state index contributed by atoms with van der Waals surface area (Å²) in [7, 11) is 0. The minimum Gasteiger partial charge on any atom is -0.462 e. The lowest BCUT2D eigenvalue weighted by Gasteiger charge is -2.18. The lowest BCUT2D eigenvalue weighted by Crippen LogP contribution is -2.23. The Balaban J connectivity index is 1.96. The van der Waals surface area contributed by atoms with E-state index >= 15 is 0 Å². The van der Waals surface area contributed by atoms with Gasteiger partial charge in [0.1, 0.15) is 11.4 Å². The number of primary amides is 1. The van der Waals surface area contributed by atoms with Crippen LogP contribution in [0.4, 0.5) is 5.69 Å². The van der Waals surface area contributed by atoms with Crippen LogP contribution in [0.5, 0.6) is 5.75 Å². The van der Waals surface area contributed by atoms with Gasteiger partial charge in [0.25, 0.3) is 0 Å². The van der Waals surface area contributed by atoms with Gasteiger partial charge in [-0.3, -0.25) is 10.0 Å². The number of amides is 1. The summed E-state index contributed by atoms with van der Waals surface area (Å²) >= 11 is 3.35. The molecule has 2 aromatic carbocycles. The van der Waals surface area contributed by atoms with Crippen molar-refractivity contribution in [1.82, 2.24) is 0 Å². The average Bonchev–Trinajstić information content (AvgIpc) is 2.76. The van der Waals surface area contributed by atoms with Gasteiger partial charge >= 0.3 is 0 Å². The van der Waals surface area contributed by atoms with Gasteiger partial charge in [-0.2, -0.15) is 0 Å². The van der Waals surface area contributed by atoms with Crippen molar-refractivity contribution in [2.24, 2.45) is 5.73 Å². The number of halogens is 1. The van der Waals surface area contributed by atoms with Crippen LogP contribution in [-0.2, 0) is 0 Å². The molecule has 6 heteroatoms. The van der Waals surface area contributed by atoms with E-state index in [-0.39, 0.29) is 0 Å². The third kappa shape index (κ3) is 2.13. The molecule has 1 aliphatic rings. The van der Waals surface area contributed by atoms with Crippen LogP contribution in [0.1, 0.15) is 22.1 Å². The predicted octanol–water partition coefficient (Wildman–Crippen LogP) is 2.83. The molecular formula is C14H11BrN2O3. The van der Waals surface area contributed by atoms with E-state index in [9.17, 15) is 10.0 Å². The molecule has 1 atom stereocenters. The summed E-state index contributed by atoms with van der Waals surface area (Å²) in [5, 5.41) is 11.2. The summed E-state index contributed by atoms with van der Waals surface area (Å²) < 4.78 is 6.63. The van der Waals surface area contributed by atoms with Crippen LogP contribution in [0.2, 0.25) is 0 Å². The smallest absolute Gasteiger partial charge is 0.248 e. The molecule has 5 nitrogen and oxygen atoms in total. The maximum Gasteiger partial charge on any atom is 0.248 e. The zero-order valence-corrected chi connectivity index (χ0v) is 11.9. The third-order valence-electron chi connectivity index (χ3n) is 3.11. The van der Waals surface area contributed by atoms with Gasteiger partial charge < -0.3 is 10.5 Å². The molecule has 102 valence electrons. The first-order chi connectivity index (χ1) is 9.56. The molecule has 0 aliphatic carbocycles. The second-order valence-electron chi connectivity index (χ2n) is 4.41. The Hall–Kier alpha value is -2.05. The van der Waals surface area contributed by atoms with Crippen LogP contribution in [0.15, 0.2) is 46.9 Å². The van der Waals surface area contributed by atoms with E-state index in [4.69, 9.17) is 10.5 Å². The lowest BCUT2D eigenvalue weighted by molar-refractivity contribution is 0.100. The van der Waals surface area contributed by atoms with Crippen LogP contribution < -0.4 is 15.5 Å². The van der Waals surface area contributed by atoms with E-state index in [0.717, 1.165) is 15.1 Å². The zero-order valence-electron chi connectivity index (χ0n) is 10.3. The van der Waals surface area contributed by atoms with Crippen LogP contribution in [0, 0.1) is 0 Å². The molecule has 3 rings (SSSR count). The highest BCUT2D eigenvalue weighted by atomic mass is 79.9. The highest BCUT2D eigenvalue weighted by molar-refractivity contribution is 9.10.